The van der Waals surface area contributed by atoms with Crippen LogP contribution < -0.4 is 10.2 Å². The molecule has 0 saturated heterocycles. The molecule has 0 aliphatic rings. The molecule has 2 aromatic carbocycles. The average molecular weight is 422 g/mol. The van der Waals surface area contributed by atoms with Crippen molar-refractivity contribution in [1.82, 2.24) is 9.55 Å². The van der Waals surface area contributed by atoms with Crippen molar-refractivity contribution in [3.63, 3.8) is 0 Å². The van der Waals surface area contributed by atoms with E-state index in [1.54, 1.807) is 0 Å². The number of carbonyl (C=O) groups is 1. The van der Waals surface area contributed by atoms with Gasteiger partial charge in [-0.25, -0.2) is 4.98 Å². The number of nitriles is 1. The van der Waals surface area contributed by atoms with E-state index in [0.717, 1.165) is 34.1 Å². The highest BCUT2D eigenvalue weighted by Crippen LogP contribution is 2.25. The Bertz CT molecular complexity index is 1040. The summed E-state index contributed by atoms with van der Waals surface area (Å²) in [4.78, 5) is 19.4. The number of benzene rings is 2. The molecule has 0 aliphatic heterocycles. The van der Waals surface area contributed by atoms with Crippen LogP contribution in [0.5, 0.6) is 0 Å². The maximum atomic E-state index is 12.5. The van der Waals surface area contributed by atoms with Crippen molar-refractivity contribution in [2.45, 2.75) is 44.9 Å². The minimum absolute atomic E-state index is 0.0807. The van der Waals surface area contributed by atoms with E-state index in [-0.39, 0.29) is 11.7 Å². The maximum absolute atomic E-state index is 12.5. The predicted octanol–water partition coefficient (Wildman–Crippen LogP) is 4.92. The zero-order chi connectivity index (χ0) is 21.5. The van der Waals surface area contributed by atoms with Crippen molar-refractivity contribution in [2.75, 3.05) is 22.5 Å². The van der Waals surface area contributed by atoms with E-state index in [2.05, 4.69) is 42.0 Å². The normalized spacial score (nSPS) is 10.9. The first-order valence-electron chi connectivity index (χ1n) is 10.1. The number of thioether (sulfide) groups is 1. The molecule has 0 aliphatic carbocycles. The van der Waals surface area contributed by atoms with Crippen LogP contribution in [-0.2, 0) is 11.3 Å². The summed E-state index contributed by atoms with van der Waals surface area (Å²) >= 11 is 1.39. The molecule has 0 spiro atoms. The Morgan fingerprint density at radius 1 is 1.23 bits per heavy atom. The molecule has 0 saturated carbocycles. The molecule has 3 aromatic rings. The van der Waals surface area contributed by atoms with E-state index in [4.69, 9.17) is 5.26 Å². The molecule has 156 valence electrons. The average Bonchev–Trinajstić information content (AvgIpc) is 3.09. The Balaban J connectivity index is 1.64. The van der Waals surface area contributed by atoms with Crippen LogP contribution >= 0.6 is 11.8 Å². The van der Waals surface area contributed by atoms with Crippen LogP contribution in [-0.4, -0.2) is 33.8 Å². The summed E-state index contributed by atoms with van der Waals surface area (Å²) in [5.41, 5.74) is 3.78. The Labute approximate surface area is 181 Å². The molecule has 0 radical (unpaired) electrons. The number of nitrogens with zero attached hydrogens (tertiary/aromatic N) is 4. The minimum atomic E-state index is -0.0807. The van der Waals surface area contributed by atoms with E-state index in [1.165, 1.54) is 11.8 Å². The second-order valence-electron chi connectivity index (χ2n) is 7.21. The zero-order valence-corrected chi connectivity index (χ0v) is 18.4. The molecule has 1 heterocycles. The largest absolute Gasteiger partial charge is 0.369 e. The summed E-state index contributed by atoms with van der Waals surface area (Å²) in [6, 6.07) is 18.4. The van der Waals surface area contributed by atoms with Gasteiger partial charge in [0.1, 0.15) is 0 Å². The lowest BCUT2D eigenvalue weighted by Gasteiger charge is -2.27. The van der Waals surface area contributed by atoms with E-state index in [9.17, 15) is 4.79 Å². The molecule has 1 aromatic heterocycles. The number of para-hydroxylation sites is 2. The molecule has 6 nitrogen and oxygen atoms in total. The van der Waals surface area contributed by atoms with Crippen molar-refractivity contribution < 1.29 is 4.79 Å². The second kappa shape index (κ2) is 10.2. The molecular weight excluding hydrogens is 394 g/mol. The third-order valence-electron chi connectivity index (χ3n) is 4.85. The van der Waals surface area contributed by atoms with Gasteiger partial charge in [0.2, 0.25) is 5.91 Å². The van der Waals surface area contributed by atoms with Crippen molar-refractivity contribution in [2.24, 2.45) is 0 Å². The van der Waals surface area contributed by atoms with E-state index in [0.29, 0.717) is 19.0 Å². The van der Waals surface area contributed by atoms with Gasteiger partial charge in [-0.15, -0.1) is 0 Å². The van der Waals surface area contributed by atoms with Gasteiger partial charge in [0.05, 0.1) is 29.3 Å². The molecule has 1 N–H and O–H groups in total. The first-order valence-corrected chi connectivity index (χ1v) is 11.1. The molecule has 30 heavy (non-hydrogen) atoms. The molecule has 7 heteroatoms. The monoisotopic (exact) mass is 421 g/mol. The summed E-state index contributed by atoms with van der Waals surface area (Å²) in [5.74, 6) is 0.174. The molecule has 0 fully saturated rings. The fourth-order valence-corrected chi connectivity index (χ4v) is 4.29. The number of rotatable bonds is 9. The van der Waals surface area contributed by atoms with Crippen LogP contribution in [0.15, 0.2) is 53.7 Å². The Morgan fingerprint density at radius 3 is 2.63 bits per heavy atom. The number of aromatic nitrogens is 2. The van der Waals surface area contributed by atoms with Crippen LogP contribution in [0.4, 0.5) is 11.4 Å². The lowest BCUT2D eigenvalue weighted by atomic mass is 10.2. The van der Waals surface area contributed by atoms with Crippen LogP contribution in [0.1, 0.15) is 27.2 Å². The number of nitrogens with one attached hydrogen (secondary N) is 1. The van der Waals surface area contributed by atoms with Crippen LogP contribution in [0.2, 0.25) is 0 Å². The number of carbonyl (C=O) groups excluding carboxylic acids is 1. The Morgan fingerprint density at radius 2 is 1.97 bits per heavy atom. The van der Waals surface area contributed by atoms with Crippen LogP contribution in [0.25, 0.3) is 11.0 Å². The van der Waals surface area contributed by atoms with Gasteiger partial charge in [0.15, 0.2) is 5.16 Å². The fourth-order valence-electron chi connectivity index (χ4n) is 3.45. The van der Waals surface area contributed by atoms with Gasteiger partial charge < -0.3 is 14.8 Å². The van der Waals surface area contributed by atoms with Crippen molar-refractivity contribution in [3.8, 4) is 6.07 Å². The van der Waals surface area contributed by atoms with Gasteiger partial charge in [-0.3, -0.25) is 4.79 Å². The topological polar surface area (TPSA) is 74.0 Å². The molecule has 0 atom stereocenters. The highest BCUT2D eigenvalue weighted by atomic mass is 32.2. The summed E-state index contributed by atoms with van der Waals surface area (Å²) < 4.78 is 2.01. The number of hydrogen-bond acceptors (Lipinski definition) is 5. The lowest BCUT2D eigenvalue weighted by Crippen LogP contribution is -2.30. The number of aryl methyl sites for hydroxylation is 1. The summed E-state index contributed by atoms with van der Waals surface area (Å²) in [6.07, 6.45) is 0.400. The van der Waals surface area contributed by atoms with Gasteiger partial charge in [-0.05, 0) is 57.2 Å². The van der Waals surface area contributed by atoms with E-state index < -0.39 is 0 Å². The smallest absolute Gasteiger partial charge is 0.234 e. The molecule has 3 rings (SSSR count). The Hall–Kier alpha value is -2.98. The predicted molar refractivity (Wildman–Crippen MR) is 124 cm³/mol. The summed E-state index contributed by atoms with van der Waals surface area (Å²) in [5, 5.41) is 12.7. The summed E-state index contributed by atoms with van der Waals surface area (Å²) in [7, 11) is 0. The van der Waals surface area contributed by atoms with Crippen LogP contribution in [0, 0.1) is 11.3 Å². The highest BCUT2D eigenvalue weighted by Gasteiger charge is 2.13. The number of fused-ring (bicyclic) bond motifs is 1. The van der Waals surface area contributed by atoms with Crippen molar-refractivity contribution in [1.29, 1.82) is 5.26 Å². The van der Waals surface area contributed by atoms with Crippen LogP contribution in [0.3, 0.4) is 0 Å². The van der Waals surface area contributed by atoms with E-state index >= 15 is 0 Å². The molecule has 0 unspecified atom stereocenters. The van der Waals surface area contributed by atoms with Crippen molar-refractivity contribution in [3.05, 3.63) is 48.5 Å². The SMILES string of the molecule is CCN(c1ccc(NC(=O)CSc2nc3ccccc3n2CCC#N)cc1)C(C)C. The van der Waals surface area contributed by atoms with Gasteiger partial charge in [-0.2, -0.15) is 5.26 Å². The highest BCUT2D eigenvalue weighted by molar-refractivity contribution is 7.99. The van der Waals surface area contributed by atoms with Gasteiger partial charge in [0.25, 0.3) is 0 Å². The number of amides is 1. The number of hydrogen-bond donors (Lipinski definition) is 1. The fraction of sp³-hybridized carbons (Fsp3) is 0.348. The maximum Gasteiger partial charge on any atom is 0.234 e. The quantitative estimate of drug-likeness (QED) is 0.497. The van der Waals surface area contributed by atoms with Gasteiger partial charge in [0, 0.05) is 30.5 Å². The standard InChI is InChI=1S/C23H27N5OS/c1-4-27(17(2)3)19-12-10-18(11-13-19)25-22(29)16-30-23-26-20-8-5-6-9-21(20)28(23)15-7-14-24/h5-6,8-13,17H,4,7,15-16H2,1-3H3,(H,25,29). The lowest BCUT2D eigenvalue weighted by molar-refractivity contribution is -0.113. The zero-order valence-electron chi connectivity index (χ0n) is 17.6. The molecule has 1 amide bonds. The minimum Gasteiger partial charge on any atom is -0.369 e. The van der Waals surface area contributed by atoms with Gasteiger partial charge >= 0.3 is 0 Å². The second-order valence-corrected chi connectivity index (χ2v) is 8.15. The number of imidazole rings is 1. The molecule has 0 bridgehead atoms. The first-order chi connectivity index (χ1) is 14.5. The van der Waals surface area contributed by atoms with E-state index in [1.807, 2.05) is 53.1 Å². The third-order valence-corrected chi connectivity index (χ3v) is 5.82. The molecular formula is C23H27N5OS. The van der Waals surface area contributed by atoms with Gasteiger partial charge in [-0.1, -0.05) is 23.9 Å². The summed E-state index contributed by atoms with van der Waals surface area (Å²) in [6.45, 7) is 7.97. The third kappa shape index (κ3) is 5.14. The first kappa shape index (κ1) is 21.7. The van der Waals surface area contributed by atoms with Crippen molar-refractivity contribution >= 4 is 40.1 Å². The number of anilines is 2. The Kier molecular flexibility index (Phi) is 7.36.